The molecule has 1 aliphatic heterocycles. The van der Waals surface area contributed by atoms with Gasteiger partial charge >= 0.3 is 24.0 Å². The lowest BCUT2D eigenvalue weighted by Crippen LogP contribution is -2.51. The molecular weight excluding hydrogens is 612 g/mol. The SMILES string of the molecule is CC(=O)O[C@@H]1[C@H](OC(=O)[C@@H](NC(=O)OC(C)(C)C)C(C)C)[C@@H](COC(=O)Cc2ccccc2)O[C@@]1(C#N)c1ccc(/C(N)=N\C=N)[nH]1. The molecule has 0 unspecified atom stereocenters. The van der Waals surface area contributed by atoms with Crippen molar-refractivity contribution in [2.45, 2.75) is 83.5 Å². The second kappa shape index (κ2) is 15.4. The van der Waals surface area contributed by atoms with E-state index < -0.39 is 72.1 Å². The highest BCUT2D eigenvalue weighted by Gasteiger charge is 2.62. The lowest BCUT2D eigenvalue weighted by Gasteiger charge is -2.29. The van der Waals surface area contributed by atoms with Crippen molar-refractivity contribution in [3.05, 3.63) is 59.4 Å². The Morgan fingerprint density at radius 3 is 2.43 bits per heavy atom. The Morgan fingerprint density at radius 1 is 1.17 bits per heavy atom. The third-order valence-corrected chi connectivity index (χ3v) is 6.87. The molecule has 1 aromatic heterocycles. The standard InChI is InChI=1S/C32H40N6O9/c1-18(2)25(38-30(42)47-31(4,5)6)29(41)45-26-22(15-43-24(40)14-20-10-8-7-9-11-20)46-32(16-33,27(26)44-19(3)39)23-13-12-21(37-23)28(35)36-17-34/h7-13,17-18,22,25-27,37H,14-15H2,1-6H3,(H,38,42)(H3,34,35,36)/t22-,25+,26-,27-,32+/m1/s1. The van der Waals surface area contributed by atoms with E-state index in [0.717, 1.165) is 13.3 Å². The molecule has 1 amide bonds. The normalized spacial score (nSPS) is 21.7. The van der Waals surface area contributed by atoms with E-state index >= 15 is 0 Å². The van der Waals surface area contributed by atoms with Gasteiger partial charge in [-0.25, -0.2) is 14.6 Å². The molecule has 1 fully saturated rings. The summed E-state index contributed by atoms with van der Waals surface area (Å²) in [5, 5.41) is 20.3. The molecule has 3 rings (SSSR count). The molecule has 252 valence electrons. The van der Waals surface area contributed by atoms with Crippen LogP contribution in [0.25, 0.3) is 0 Å². The van der Waals surface area contributed by atoms with E-state index in [-0.39, 0.29) is 23.6 Å². The number of nitriles is 1. The van der Waals surface area contributed by atoms with Gasteiger partial charge in [-0.05, 0) is 44.4 Å². The summed E-state index contributed by atoms with van der Waals surface area (Å²) in [6.07, 6.45) is -4.62. The van der Waals surface area contributed by atoms with Crippen LogP contribution in [0, 0.1) is 22.7 Å². The van der Waals surface area contributed by atoms with Gasteiger partial charge in [0.15, 0.2) is 12.2 Å². The van der Waals surface area contributed by atoms with Crippen LogP contribution >= 0.6 is 0 Å². The molecule has 2 heterocycles. The van der Waals surface area contributed by atoms with Crippen LogP contribution in [0.3, 0.4) is 0 Å². The number of hydrogen-bond donors (Lipinski definition) is 4. The van der Waals surface area contributed by atoms with Crippen molar-refractivity contribution >= 4 is 36.2 Å². The summed E-state index contributed by atoms with van der Waals surface area (Å²) < 4.78 is 28.5. The zero-order chi connectivity index (χ0) is 34.9. The minimum atomic E-state index is -2.12. The molecule has 0 bridgehead atoms. The van der Waals surface area contributed by atoms with Crippen molar-refractivity contribution < 1.29 is 42.9 Å². The van der Waals surface area contributed by atoms with Crippen LogP contribution in [0.1, 0.15) is 58.5 Å². The minimum absolute atomic E-state index is 0.0517. The first-order valence-electron chi connectivity index (χ1n) is 14.8. The number of ether oxygens (including phenoxy) is 5. The van der Waals surface area contributed by atoms with Gasteiger partial charge in [0.2, 0.25) is 5.60 Å². The number of aromatic nitrogens is 1. The summed E-state index contributed by atoms with van der Waals surface area (Å²) >= 11 is 0. The number of benzene rings is 1. The molecule has 2 aromatic rings. The minimum Gasteiger partial charge on any atom is -0.463 e. The first-order valence-corrected chi connectivity index (χ1v) is 14.8. The zero-order valence-electron chi connectivity index (χ0n) is 27.1. The van der Waals surface area contributed by atoms with E-state index in [4.69, 9.17) is 34.8 Å². The van der Waals surface area contributed by atoms with Crippen LogP contribution in [0.4, 0.5) is 4.79 Å². The maximum Gasteiger partial charge on any atom is 0.408 e. The number of nitrogens with zero attached hydrogens (tertiary/aromatic N) is 2. The van der Waals surface area contributed by atoms with Crippen molar-refractivity contribution in [1.29, 1.82) is 10.7 Å². The molecule has 5 atom stereocenters. The topological polar surface area (TPSA) is 228 Å². The van der Waals surface area contributed by atoms with Crippen LogP contribution in [-0.4, -0.2) is 77.7 Å². The lowest BCUT2D eigenvalue weighted by molar-refractivity contribution is -0.170. The predicted octanol–water partition coefficient (Wildman–Crippen LogP) is 2.62. The fraction of sp³-hybridized carbons (Fsp3) is 0.469. The van der Waals surface area contributed by atoms with Crippen molar-refractivity contribution in [2.75, 3.05) is 6.61 Å². The maximum absolute atomic E-state index is 13.7. The van der Waals surface area contributed by atoms with Crippen molar-refractivity contribution in [1.82, 2.24) is 10.3 Å². The highest BCUT2D eigenvalue weighted by Crippen LogP contribution is 2.43. The van der Waals surface area contributed by atoms with Crippen LogP contribution in [0.2, 0.25) is 0 Å². The summed E-state index contributed by atoms with van der Waals surface area (Å²) in [7, 11) is 0. The number of H-pyrrole nitrogens is 1. The molecule has 0 spiro atoms. The van der Waals surface area contributed by atoms with Gasteiger partial charge in [0.05, 0.1) is 17.8 Å². The second-order valence-electron chi connectivity index (χ2n) is 12.1. The van der Waals surface area contributed by atoms with Gasteiger partial charge < -0.3 is 39.7 Å². The van der Waals surface area contributed by atoms with E-state index in [9.17, 15) is 24.4 Å². The van der Waals surface area contributed by atoms with E-state index in [1.807, 2.05) is 6.07 Å². The third kappa shape index (κ3) is 9.39. The van der Waals surface area contributed by atoms with Gasteiger partial charge in [-0.15, -0.1) is 0 Å². The number of nitrogens with one attached hydrogen (secondary N) is 3. The molecule has 0 aliphatic carbocycles. The number of alkyl carbamates (subject to hydrolysis) is 1. The van der Waals surface area contributed by atoms with Crippen molar-refractivity contribution in [2.24, 2.45) is 16.6 Å². The molecule has 0 radical (unpaired) electrons. The Kier molecular flexibility index (Phi) is 11.9. The van der Waals surface area contributed by atoms with Gasteiger partial charge in [0, 0.05) is 6.92 Å². The molecule has 47 heavy (non-hydrogen) atoms. The smallest absolute Gasteiger partial charge is 0.408 e. The molecule has 15 nitrogen and oxygen atoms in total. The summed E-state index contributed by atoms with van der Waals surface area (Å²) in [5.41, 5.74) is 3.89. The monoisotopic (exact) mass is 652 g/mol. The number of amidine groups is 1. The second-order valence-corrected chi connectivity index (χ2v) is 12.1. The summed E-state index contributed by atoms with van der Waals surface area (Å²) in [4.78, 5) is 58.0. The number of aliphatic imine (C=N–C) groups is 1. The van der Waals surface area contributed by atoms with E-state index in [1.54, 1.807) is 65.0 Å². The quantitative estimate of drug-likeness (QED) is 0.113. The van der Waals surface area contributed by atoms with E-state index in [0.29, 0.717) is 5.56 Å². The lowest BCUT2D eigenvalue weighted by atomic mass is 9.92. The van der Waals surface area contributed by atoms with Gasteiger partial charge in [0.1, 0.15) is 42.6 Å². The van der Waals surface area contributed by atoms with E-state index in [2.05, 4.69) is 15.3 Å². The summed E-state index contributed by atoms with van der Waals surface area (Å²) in [5.74, 6) is -2.98. The van der Waals surface area contributed by atoms with Gasteiger partial charge in [-0.2, -0.15) is 5.26 Å². The Hall–Kier alpha value is -5.23. The highest BCUT2D eigenvalue weighted by atomic mass is 16.7. The fourth-order valence-electron chi connectivity index (χ4n) is 4.79. The Bertz CT molecular complexity index is 1530. The number of carbonyl (C=O) groups excluding carboxylic acids is 4. The first kappa shape index (κ1) is 36.2. The molecule has 1 aromatic carbocycles. The van der Waals surface area contributed by atoms with Gasteiger partial charge in [-0.3, -0.25) is 15.0 Å². The number of esters is 3. The summed E-state index contributed by atoms with van der Waals surface area (Å²) in [6.45, 7) is 8.93. The number of amides is 1. The number of aromatic amines is 1. The summed E-state index contributed by atoms with van der Waals surface area (Å²) in [6, 6.07) is 12.5. The van der Waals surface area contributed by atoms with Gasteiger partial charge in [0.25, 0.3) is 0 Å². The van der Waals surface area contributed by atoms with Crippen LogP contribution in [0.5, 0.6) is 0 Å². The third-order valence-electron chi connectivity index (χ3n) is 6.87. The highest BCUT2D eigenvalue weighted by molar-refractivity contribution is 5.99. The van der Waals surface area contributed by atoms with Crippen molar-refractivity contribution in [3.8, 4) is 6.07 Å². The van der Waals surface area contributed by atoms with Crippen LogP contribution in [-0.2, 0) is 50.1 Å². The van der Waals surface area contributed by atoms with Crippen LogP contribution < -0.4 is 11.1 Å². The van der Waals surface area contributed by atoms with Gasteiger partial charge in [-0.1, -0.05) is 44.2 Å². The van der Waals surface area contributed by atoms with Crippen LogP contribution in [0.15, 0.2) is 47.5 Å². The molecule has 5 N–H and O–H groups in total. The largest absolute Gasteiger partial charge is 0.463 e. The fourth-order valence-corrected chi connectivity index (χ4v) is 4.79. The number of carbonyl (C=O) groups is 4. The zero-order valence-corrected chi connectivity index (χ0v) is 27.1. The predicted molar refractivity (Wildman–Crippen MR) is 167 cm³/mol. The Labute approximate surface area is 272 Å². The molecule has 1 saturated heterocycles. The average Bonchev–Trinajstić information content (AvgIpc) is 3.59. The average molecular weight is 653 g/mol. The van der Waals surface area contributed by atoms with Crippen molar-refractivity contribution in [3.63, 3.8) is 0 Å². The molecular formula is C32H40N6O9. The van der Waals surface area contributed by atoms with E-state index in [1.165, 1.54) is 12.1 Å². The molecule has 1 aliphatic rings. The number of hydrogen-bond acceptors (Lipinski definition) is 11. The number of nitrogens with two attached hydrogens (primary N) is 1. The molecule has 0 saturated carbocycles. The molecule has 15 heteroatoms. The number of rotatable bonds is 12. The maximum atomic E-state index is 13.7. The Morgan fingerprint density at radius 2 is 1.85 bits per heavy atom. The first-order chi connectivity index (χ1) is 22.1. The Balaban J connectivity index is 2.01.